The number of hydrogen-bond acceptors (Lipinski definition) is 5. The van der Waals surface area contributed by atoms with Gasteiger partial charge in [0.05, 0.1) is 47.0 Å². The topological polar surface area (TPSA) is 100 Å². The van der Waals surface area contributed by atoms with Crippen LogP contribution in [-0.4, -0.2) is 34.7 Å². The highest BCUT2D eigenvalue weighted by molar-refractivity contribution is 5.97. The molecule has 38 heavy (non-hydrogen) atoms. The van der Waals surface area contributed by atoms with Gasteiger partial charge in [0.15, 0.2) is 5.65 Å². The Hall–Kier alpha value is -4.72. The van der Waals surface area contributed by atoms with Crippen molar-refractivity contribution < 1.29 is 0 Å². The first-order valence-electron chi connectivity index (χ1n) is 12.8. The lowest BCUT2D eigenvalue weighted by molar-refractivity contribution is 0.356. The summed E-state index contributed by atoms with van der Waals surface area (Å²) in [5.41, 5.74) is 9.30. The summed E-state index contributed by atoms with van der Waals surface area (Å²) >= 11 is 0. The predicted molar refractivity (Wildman–Crippen MR) is 152 cm³/mol. The molecule has 8 heteroatoms. The third-order valence-corrected chi connectivity index (χ3v) is 7.27. The van der Waals surface area contributed by atoms with Crippen molar-refractivity contribution in [2.75, 3.05) is 0 Å². The standard InChI is InChI=1S/C30H30N8/c1-5-20(10-23(6-2)34-19(4)21-8-7-9-21)22-11-25-29(36-37-30(25)32-13-22)26-12-24-27(35-26)14-31-15-28(24)38-16-18(3)33-17-38/h5-6,10-17,21,34-35H,2,4,7-9H2,1,3H3,(H,32,36,37)/b20-5+,23-10+. The van der Waals surface area contributed by atoms with Crippen molar-refractivity contribution in [2.24, 2.45) is 5.92 Å². The predicted octanol–water partition coefficient (Wildman–Crippen LogP) is 6.37. The highest BCUT2D eigenvalue weighted by atomic mass is 15.2. The Bertz CT molecular complexity index is 1740. The molecule has 8 nitrogen and oxygen atoms in total. The van der Waals surface area contributed by atoms with E-state index in [1.54, 1.807) is 6.33 Å². The molecule has 6 rings (SSSR count). The van der Waals surface area contributed by atoms with Crippen molar-refractivity contribution in [2.45, 2.75) is 33.1 Å². The third-order valence-electron chi connectivity index (χ3n) is 7.27. The van der Waals surface area contributed by atoms with Crippen LogP contribution in [-0.2, 0) is 0 Å². The maximum absolute atomic E-state index is 4.65. The number of aromatic amines is 2. The van der Waals surface area contributed by atoms with Crippen molar-refractivity contribution in [3.8, 4) is 17.1 Å². The molecule has 0 radical (unpaired) electrons. The number of aryl methyl sites for hydroxylation is 1. The zero-order chi connectivity index (χ0) is 26.2. The molecule has 1 aliphatic carbocycles. The van der Waals surface area contributed by atoms with Crippen molar-refractivity contribution in [1.82, 2.24) is 40.0 Å². The van der Waals surface area contributed by atoms with Gasteiger partial charge in [-0.1, -0.05) is 25.7 Å². The number of rotatable bonds is 8. The smallest absolute Gasteiger partial charge is 0.181 e. The summed E-state index contributed by atoms with van der Waals surface area (Å²) in [4.78, 5) is 16.9. The van der Waals surface area contributed by atoms with E-state index in [-0.39, 0.29) is 0 Å². The van der Waals surface area contributed by atoms with Gasteiger partial charge in [-0.15, -0.1) is 0 Å². The van der Waals surface area contributed by atoms with E-state index in [0.717, 1.165) is 61.6 Å². The molecule has 0 amide bonds. The Morgan fingerprint density at radius 2 is 2.03 bits per heavy atom. The van der Waals surface area contributed by atoms with Gasteiger partial charge in [-0.25, -0.2) is 9.97 Å². The second kappa shape index (κ2) is 9.63. The SMILES string of the molecule is C=C/C(=C\C(=C/C)c1cnc2n[nH]c(-c3cc4c(-n5cnc(C)c5)cncc4[nH]3)c2c1)NC(=C)C1CCC1. The van der Waals surface area contributed by atoms with E-state index >= 15 is 0 Å². The molecule has 0 bridgehead atoms. The molecule has 0 spiro atoms. The summed E-state index contributed by atoms with van der Waals surface area (Å²) in [5, 5.41) is 13.1. The molecule has 5 aromatic heterocycles. The van der Waals surface area contributed by atoms with Crippen LogP contribution in [0.25, 0.3) is 44.6 Å². The zero-order valence-corrected chi connectivity index (χ0v) is 21.6. The van der Waals surface area contributed by atoms with Gasteiger partial charge < -0.3 is 14.9 Å². The van der Waals surface area contributed by atoms with Crippen molar-refractivity contribution in [3.63, 3.8) is 0 Å². The average Bonchev–Trinajstić information content (AvgIpc) is 3.62. The number of aromatic nitrogens is 7. The number of H-pyrrole nitrogens is 2. The van der Waals surface area contributed by atoms with Crippen LogP contribution in [0, 0.1) is 12.8 Å². The third kappa shape index (κ3) is 4.24. The van der Waals surface area contributed by atoms with Gasteiger partial charge in [-0.05, 0) is 62.5 Å². The molecule has 0 atom stereocenters. The second-order valence-corrected chi connectivity index (χ2v) is 9.74. The average molecular weight is 503 g/mol. The van der Waals surface area contributed by atoms with Crippen molar-refractivity contribution >= 4 is 27.5 Å². The van der Waals surface area contributed by atoms with E-state index in [2.05, 4.69) is 72.9 Å². The number of pyridine rings is 2. The van der Waals surface area contributed by atoms with E-state index in [9.17, 15) is 0 Å². The first-order valence-corrected chi connectivity index (χ1v) is 12.8. The van der Waals surface area contributed by atoms with Crippen molar-refractivity contribution in [3.05, 3.63) is 97.3 Å². The van der Waals surface area contributed by atoms with Gasteiger partial charge in [0.1, 0.15) is 0 Å². The molecule has 190 valence electrons. The highest BCUT2D eigenvalue weighted by Crippen LogP contribution is 2.33. The lowest BCUT2D eigenvalue weighted by Crippen LogP contribution is -2.23. The van der Waals surface area contributed by atoms with E-state index in [1.807, 2.05) is 49.3 Å². The Kier molecular flexibility index (Phi) is 5.99. The van der Waals surface area contributed by atoms with Gasteiger partial charge in [-0.3, -0.25) is 10.1 Å². The second-order valence-electron chi connectivity index (χ2n) is 9.74. The number of imidazole rings is 1. The van der Waals surface area contributed by atoms with Crippen LogP contribution in [0.5, 0.6) is 0 Å². The summed E-state index contributed by atoms with van der Waals surface area (Å²) in [7, 11) is 0. The van der Waals surface area contributed by atoms with Crippen LogP contribution < -0.4 is 5.32 Å². The molecular weight excluding hydrogens is 472 g/mol. The molecule has 1 aliphatic rings. The highest BCUT2D eigenvalue weighted by Gasteiger charge is 2.21. The van der Waals surface area contributed by atoms with Crippen molar-refractivity contribution in [1.29, 1.82) is 0 Å². The number of nitrogens with one attached hydrogen (secondary N) is 3. The van der Waals surface area contributed by atoms with Crippen LogP contribution in [0.15, 0.2) is 86.0 Å². The molecule has 0 unspecified atom stereocenters. The summed E-state index contributed by atoms with van der Waals surface area (Å²) in [5.74, 6) is 0.545. The first kappa shape index (κ1) is 23.7. The minimum Gasteiger partial charge on any atom is -0.359 e. The molecule has 3 N–H and O–H groups in total. The molecule has 0 aromatic carbocycles. The van der Waals surface area contributed by atoms with Gasteiger partial charge in [0.2, 0.25) is 0 Å². The Morgan fingerprint density at radius 1 is 1.16 bits per heavy atom. The number of nitrogens with zero attached hydrogens (tertiary/aromatic N) is 5. The van der Waals surface area contributed by atoms with E-state index in [4.69, 9.17) is 0 Å². The van der Waals surface area contributed by atoms with Crippen LogP contribution in [0.1, 0.15) is 37.4 Å². The fourth-order valence-corrected chi connectivity index (χ4v) is 4.88. The number of hydrogen-bond donors (Lipinski definition) is 3. The summed E-state index contributed by atoms with van der Waals surface area (Å²) < 4.78 is 1.99. The fraction of sp³-hybridized carbons (Fsp3) is 0.200. The van der Waals surface area contributed by atoms with Gasteiger partial charge in [-0.2, -0.15) is 5.10 Å². The minimum atomic E-state index is 0.545. The zero-order valence-electron chi connectivity index (χ0n) is 21.6. The summed E-state index contributed by atoms with van der Waals surface area (Å²) in [6, 6.07) is 4.24. The van der Waals surface area contributed by atoms with Gasteiger partial charge in [0.25, 0.3) is 0 Å². The molecule has 1 fully saturated rings. The lowest BCUT2D eigenvalue weighted by Gasteiger charge is -2.28. The Morgan fingerprint density at radius 3 is 2.74 bits per heavy atom. The lowest BCUT2D eigenvalue weighted by atomic mass is 9.83. The largest absolute Gasteiger partial charge is 0.359 e. The van der Waals surface area contributed by atoms with Crippen LogP contribution in [0.4, 0.5) is 0 Å². The molecule has 5 heterocycles. The van der Waals surface area contributed by atoms with Gasteiger partial charge in [0, 0.05) is 40.1 Å². The summed E-state index contributed by atoms with van der Waals surface area (Å²) in [6.07, 6.45) is 19.0. The monoisotopic (exact) mass is 502 g/mol. The quantitative estimate of drug-likeness (QED) is 0.214. The van der Waals surface area contributed by atoms with E-state index in [1.165, 1.54) is 19.3 Å². The van der Waals surface area contributed by atoms with Crippen LogP contribution in [0.2, 0.25) is 0 Å². The molecule has 5 aromatic rings. The van der Waals surface area contributed by atoms with Crippen LogP contribution in [0.3, 0.4) is 0 Å². The molecular formula is C30H30N8. The van der Waals surface area contributed by atoms with E-state index in [0.29, 0.717) is 11.6 Å². The normalized spacial score (nSPS) is 14.7. The Labute approximate surface area is 220 Å². The number of allylic oxidation sites excluding steroid dienone is 5. The van der Waals surface area contributed by atoms with E-state index < -0.39 is 0 Å². The summed E-state index contributed by atoms with van der Waals surface area (Å²) in [6.45, 7) is 12.2. The maximum Gasteiger partial charge on any atom is 0.181 e. The molecule has 0 aliphatic heterocycles. The minimum absolute atomic E-state index is 0.545. The molecule has 1 saturated carbocycles. The maximum atomic E-state index is 4.65. The molecule has 0 saturated heterocycles. The first-order chi connectivity index (χ1) is 18.5. The van der Waals surface area contributed by atoms with Crippen LogP contribution >= 0.6 is 0 Å². The Balaban J connectivity index is 1.37. The fourth-order valence-electron chi connectivity index (χ4n) is 4.88. The number of fused-ring (bicyclic) bond motifs is 2. The van der Waals surface area contributed by atoms with Gasteiger partial charge >= 0.3 is 0 Å².